The highest BCUT2D eigenvalue weighted by atomic mass is 32.1. The third kappa shape index (κ3) is 3.11. The Morgan fingerprint density at radius 3 is 2.71 bits per heavy atom. The summed E-state index contributed by atoms with van der Waals surface area (Å²) in [7, 11) is 0. The molecule has 21 heavy (non-hydrogen) atoms. The van der Waals surface area contributed by atoms with E-state index in [2.05, 4.69) is 66.6 Å². The molecule has 1 aromatic carbocycles. The largest absolute Gasteiger partial charge is 0.261 e. The molecule has 0 aliphatic carbocycles. The average molecular weight is 295 g/mol. The molecule has 2 aromatic heterocycles. The zero-order chi connectivity index (χ0) is 14.8. The number of anilines is 1. The van der Waals surface area contributed by atoms with Gasteiger partial charge in [0.2, 0.25) is 0 Å². The van der Waals surface area contributed by atoms with Crippen molar-refractivity contribution in [1.29, 1.82) is 0 Å². The van der Waals surface area contributed by atoms with Gasteiger partial charge < -0.3 is 0 Å². The quantitative estimate of drug-likeness (QED) is 0.563. The second-order valence-electron chi connectivity index (χ2n) is 5.16. The van der Waals surface area contributed by atoms with E-state index in [0.29, 0.717) is 0 Å². The van der Waals surface area contributed by atoms with Crippen LogP contribution in [0.1, 0.15) is 20.9 Å². The van der Waals surface area contributed by atoms with Crippen molar-refractivity contribution in [1.82, 2.24) is 4.98 Å². The molecule has 0 spiro atoms. The van der Waals surface area contributed by atoms with Crippen LogP contribution >= 0.6 is 11.3 Å². The molecule has 0 amide bonds. The summed E-state index contributed by atoms with van der Waals surface area (Å²) in [4.78, 5) is 7.03. The molecule has 0 fully saturated rings. The number of hydrogen-bond donors (Lipinski definition) is 1. The molecule has 106 valence electrons. The summed E-state index contributed by atoms with van der Waals surface area (Å²) in [6, 6.07) is 12.5. The van der Waals surface area contributed by atoms with Crippen LogP contribution in [0.2, 0.25) is 0 Å². The van der Waals surface area contributed by atoms with Crippen molar-refractivity contribution >= 4 is 34.3 Å². The predicted molar refractivity (Wildman–Crippen MR) is 91.5 cm³/mol. The first kappa shape index (κ1) is 13.8. The molecule has 0 bridgehead atoms. The molecular formula is C17H17N3S. The van der Waals surface area contributed by atoms with E-state index >= 15 is 0 Å². The first-order valence-electron chi connectivity index (χ1n) is 6.85. The van der Waals surface area contributed by atoms with Gasteiger partial charge in [-0.2, -0.15) is 5.10 Å². The maximum Gasteiger partial charge on any atom is 0.147 e. The molecule has 3 rings (SSSR count). The molecule has 0 aliphatic rings. The number of pyridine rings is 1. The molecule has 3 aromatic rings. The van der Waals surface area contributed by atoms with Crippen LogP contribution in [-0.2, 0) is 0 Å². The smallest absolute Gasteiger partial charge is 0.147 e. The van der Waals surface area contributed by atoms with Crippen molar-refractivity contribution in [3.63, 3.8) is 0 Å². The molecule has 1 N–H and O–H groups in total. The molecule has 0 aliphatic heterocycles. The first-order valence-corrected chi connectivity index (χ1v) is 7.67. The number of nitrogens with one attached hydrogen (secondary N) is 1. The lowest BCUT2D eigenvalue weighted by atomic mass is 10.1. The lowest BCUT2D eigenvalue weighted by Crippen LogP contribution is -1.95. The maximum atomic E-state index is 4.61. The number of aromatic nitrogens is 1. The zero-order valence-electron chi connectivity index (χ0n) is 12.3. The minimum atomic E-state index is 0.773. The normalized spacial score (nSPS) is 11.4. The van der Waals surface area contributed by atoms with Gasteiger partial charge in [0.1, 0.15) is 5.82 Å². The van der Waals surface area contributed by atoms with Crippen LogP contribution in [0.15, 0.2) is 41.5 Å². The Morgan fingerprint density at radius 2 is 1.95 bits per heavy atom. The van der Waals surface area contributed by atoms with Gasteiger partial charge >= 0.3 is 0 Å². The highest BCUT2D eigenvalue weighted by Crippen LogP contribution is 2.21. The molecule has 0 saturated heterocycles. The molecule has 0 saturated carbocycles. The van der Waals surface area contributed by atoms with Crippen molar-refractivity contribution in [3.05, 3.63) is 57.3 Å². The number of aryl methyl sites for hydroxylation is 3. The minimum absolute atomic E-state index is 0.773. The van der Waals surface area contributed by atoms with Crippen LogP contribution in [0, 0.1) is 20.8 Å². The summed E-state index contributed by atoms with van der Waals surface area (Å²) < 4.78 is 0. The average Bonchev–Trinajstić information content (AvgIpc) is 2.84. The van der Waals surface area contributed by atoms with Crippen molar-refractivity contribution < 1.29 is 0 Å². The number of fused-ring (bicyclic) bond motifs is 1. The van der Waals surface area contributed by atoms with Crippen molar-refractivity contribution in [3.8, 4) is 0 Å². The standard InChI is InChI=1S/C17H17N3S/c1-11-4-7-15-12(2)9-17(19-16(15)8-11)20-18-10-14-6-5-13(3)21-14/h4-10H,1-3H3,(H,19,20)/b18-10+. The topological polar surface area (TPSA) is 37.3 Å². The number of benzene rings is 1. The van der Waals surface area contributed by atoms with Gasteiger partial charge in [-0.05, 0) is 56.2 Å². The molecule has 2 heterocycles. The molecule has 0 radical (unpaired) electrons. The summed E-state index contributed by atoms with van der Waals surface area (Å²) >= 11 is 1.72. The van der Waals surface area contributed by atoms with Gasteiger partial charge in [-0.15, -0.1) is 11.3 Å². The van der Waals surface area contributed by atoms with Crippen molar-refractivity contribution in [2.45, 2.75) is 20.8 Å². The van der Waals surface area contributed by atoms with E-state index in [9.17, 15) is 0 Å². The fourth-order valence-corrected chi connectivity index (χ4v) is 3.00. The molecule has 0 atom stereocenters. The summed E-state index contributed by atoms with van der Waals surface area (Å²) in [6.07, 6.45) is 1.83. The number of rotatable bonds is 3. The Balaban J connectivity index is 1.85. The first-order chi connectivity index (χ1) is 10.1. The van der Waals surface area contributed by atoms with Gasteiger partial charge in [0.05, 0.1) is 11.7 Å². The highest BCUT2D eigenvalue weighted by molar-refractivity contribution is 7.13. The number of hydrogen-bond acceptors (Lipinski definition) is 4. The Labute approximate surface area is 128 Å². The maximum absolute atomic E-state index is 4.61. The van der Waals surface area contributed by atoms with Crippen LogP contribution < -0.4 is 5.43 Å². The fourth-order valence-electron chi connectivity index (χ4n) is 2.25. The summed E-state index contributed by atoms with van der Waals surface area (Å²) in [5, 5.41) is 5.45. The van der Waals surface area contributed by atoms with Gasteiger partial charge in [0.25, 0.3) is 0 Å². The van der Waals surface area contributed by atoms with Gasteiger partial charge in [-0.1, -0.05) is 12.1 Å². The number of thiophene rings is 1. The second-order valence-corrected chi connectivity index (χ2v) is 6.48. The van der Waals surface area contributed by atoms with Crippen LogP contribution in [0.5, 0.6) is 0 Å². The van der Waals surface area contributed by atoms with E-state index in [1.165, 1.54) is 21.4 Å². The monoisotopic (exact) mass is 295 g/mol. The Bertz CT molecular complexity index is 818. The third-order valence-corrected chi connectivity index (χ3v) is 4.24. The van der Waals surface area contributed by atoms with E-state index in [-0.39, 0.29) is 0 Å². The minimum Gasteiger partial charge on any atom is -0.261 e. The van der Waals surface area contributed by atoms with Gasteiger partial charge in [0.15, 0.2) is 0 Å². The van der Waals surface area contributed by atoms with Crippen LogP contribution in [0.25, 0.3) is 10.9 Å². The number of nitrogens with zero attached hydrogens (tertiary/aromatic N) is 2. The van der Waals surface area contributed by atoms with Crippen molar-refractivity contribution in [2.75, 3.05) is 5.43 Å². The summed E-state index contributed by atoms with van der Waals surface area (Å²) in [6.45, 7) is 6.26. The Hall–Kier alpha value is -2.20. The molecule has 3 nitrogen and oxygen atoms in total. The second kappa shape index (κ2) is 5.66. The lowest BCUT2D eigenvalue weighted by molar-refractivity contribution is 1.25. The lowest BCUT2D eigenvalue weighted by Gasteiger charge is -2.06. The van der Waals surface area contributed by atoms with Crippen molar-refractivity contribution in [2.24, 2.45) is 5.10 Å². The SMILES string of the molecule is Cc1ccc2c(C)cc(N/N=C/c3ccc(C)s3)nc2c1. The fraction of sp³-hybridized carbons (Fsp3) is 0.176. The molecule has 0 unspecified atom stereocenters. The molecule has 4 heteroatoms. The van der Waals surface area contributed by atoms with E-state index in [1.807, 2.05) is 12.3 Å². The Morgan fingerprint density at radius 1 is 1.10 bits per heavy atom. The highest BCUT2D eigenvalue weighted by Gasteiger charge is 2.02. The van der Waals surface area contributed by atoms with Crippen LogP contribution in [0.3, 0.4) is 0 Å². The van der Waals surface area contributed by atoms with Crippen LogP contribution in [0.4, 0.5) is 5.82 Å². The summed E-state index contributed by atoms with van der Waals surface area (Å²) in [5.74, 6) is 0.773. The van der Waals surface area contributed by atoms with Crippen LogP contribution in [-0.4, -0.2) is 11.2 Å². The third-order valence-electron chi connectivity index (χ3n) is 3.30. The zero-order valence-corrected chi connectivity index (χ0v) is 13.2. The molecular weight excluding hydrogens is 278 g/mol. The summed E-state index contributed by atoms with van der Waals surface area (Å²) in [5.41, 5.74) is 6.43. The van der Waals surface area contributed by atoms with E-state index < -0.39 is 0 Å². The van der Waals surface area contributed by atoms with E-state index in [0.717, 1.165) is 16.2 Å². The van der Waals surface area contributed by atoms with E-state index in [1.54, 1.807) is 11.3 Å². The Kier molecular flexibility index (Phi) is 3.71. The van der Waals surface area contributed by atoms with Gasteiger partial charge in [-0.3, -0.25) is 5.43 Å². The predicted octanol–water partition coefficient (Wildman–Crippen LogP) is 4.67. The number of hydrazone groups is 1. The van der Waals surface area contributed by atoms with Gasteiger partial charge in [0, 0.05) is 15.1 Å². The van der Waals surface area contributed by atoms with Gasteiger partial charge in [-0.25, -0.2) is 4.98 Å². The van der Waals surface area contributed by atoms with E-state index in [4.69, 9.17) is 0 Å².